The lowest BCUT2D eigenvalue weighted by molar-refractivity contribution is 0.259. The lowest BCUT2D eigenvalue weighted by atomic mass is 9.94. The number of hydrogen-bond donors (Lipinski definition) is 2. The smallest absolute Gasteiger partial charge is 0.316 e. The van der Waals surface area contributed by atoms with Gasteiger partial charge in [0.15, 0.2) is 0 Å². The molecule has 108 valence electrons. The van der Waals surface area contributed by atoms with Crippen molar-refractivity contribution in [1.29, 1.82) is 0 Å². The van der Waals surface area contributed by atoms with E-state index in [0.29, 0.717) is 0 Å². The molecule has 3 nitrogen and oxygen atoms in total. The van der Waals surface area contributed by atoms with E-state index in [1.165, 1.54) is 33.4 Å². The summed E-state index contributed by atoms with van der Waals surface area (Å²) in [5, 5.41) is 2.74. The fraction of sp³-hybridized carbons (Fsp3) is 0.278. The molecule has 0 saturated heterocycles. The Labute approximate surface area is 125 Å². The zero-order valence-electron chi connectivity index (χ0n) is 12.5. The van der Waals surface area contributed by atoms with Crippen molar-refractivity contribution in [2.45, 2.75) is 33.1 Å². The Morgan fingerprint density at radius 1 is 1.05 bits per heavy atom. The number of urea groups is 1. The van der Waals surface area contributed by atoms with Gasteiger partial charge in [-0.3, -0.25) is 0 Å². The van der Waals surface area contributed by atoms with Crippen LogP contribution in [0.1, 0.15) is 28.7 Å². The molecule has 2 amide bonds. The summed E-state index contributed by atoms with van der Waals surface area (Å²) in [5.74, 6) is 0. The molecule has 0 bridgehead atoms. The lowest BCUT2D eigenvalue weighted by Crippen LogP contribution is -2.20. The third-order valence-electron chi connectivity index (χ3n) is 4.36. The van der Waals surface area contributed by atoms with Gasteiger partial charge in [-0.25, -0.2) is 4.79 Å². The monoisotopic (exact) mass is 280 g/mol. The number of nitrogens with two attached hydrogens (primary N) is 1. The predicted octanol–water partition coefficient (Wildman–Crippen LogP) is 3.95. The maximum Gasteiger partial charge on any atom is 0.316 e. The standard InChI is InChI=1S/C18H20N2O/c1-11-6-7-13(10-12(11)2)14-8-9-17(20-18(19)21)16-5-3-4-15(14)16/h6-10H,3-5H2,1-2H3,(H3,19,20,21). The predicted molar refractivity (Wildman–Crippen MR) is 86.6 cm³/mol. The highest BCUT2D eigenvalue weighted by Gasteiger charge is 2.20. The highest BCUT2D eigenvalue weighted by Crippen LogP contribution is 2.37. The molecule has 0 radical (unpaired) electrons. The van der Waals surface area contributed by atoms with Crippen LogP contribution >= 0.6 is 0 Å². The number of primary amides is 1. The third kappa shape index (κ3) is 2.51. The maximum absolute atomic E-state index is 11.1. The topological polar surface area (TPSA) is 55.1 Å². The molecular weight excluding hydrogens is 260 g/mol. The maximum atomic E-state index is 11.1. The van der Waals surface area contributed by atoms with Crippen molar-refractivity contribution in [3.63, 3.8) is 0 Å². The first-order valence-electron chi connectivity index (χ1n) is 7.35. The van der Waals surface area contributed by atoms with Crippen LogP contribution in [0.2, 0.25) is 0 Å². The van der Waals surface area contributed by atoms with Gasteiger partial charge in [-0.1, -0.05) is 24.3 Å². The molecule has 1 aliphatic rings. The molecule has 0 aliphatic heterocycles. The molecule has 1 aliphatic carbocycles. The highest BCUT2D eigenvalue weighted by molar-refractivity contribution is 5.90. The summed E-state index contributed by atoms with van der Waals surface area (Å²) in [6.45, 7) is 4.27. The van der Waals surface area contributed by atoms with Gasteiger partial charge < -0.3 is 11.1 Å². The fourth-order valence-electron chi connectivity index (χ4n) is 3.14. The molecule has 3 N–H and O–H groups in total. The molecular formula is C18H20N2O. The van der Waals surface area contributed by atoms with Crippen molar-refractivity contribution >= 4 is 11.7 Å². The summed E-state index contributed by atoms with van der Waals surface area (Å²) in [4.78, 5) is 11.1. The minimum Gasteiger partial charge on any atom is -0.351 e. The summed E-state index contributed by atoms with van der Waals surface area (Å²) >= 11 is 0. The van der Waals surface area contributed by atoms with Gasteiger partial charge in [-0.2, -0.15) is 0 Å². The second-order valence-corrected chi connectivity index (χ2v) is 5.76. The Hall–Kier alpha value is -2.29. The number of benzene rings is 2. The molecule has 0 spiro atoms. The number of aryl methyl sites for hydroxylation is 2. The van der Waals surface area contributed by atoms with Gasteiger partial charge in [0.2, 0.25) is 0 Å². The molecule has 3 heteroatoms. The number of nitrogens with one attached hydrogen (secondary N) is 1. The summed E-state index contributed by atoms with van der Waals surface area (Å²) in [6, 6.07) is 10.2. The van der Waals surface area contributed by atoms with E-state index in [9.17, 15) is 4.79 Å². The van der Waals surface area contributed by atoms with Crippen molar-refractivity contribution < 1.29 is 4.79 Å². The summed E-state index contributed by atoms with van der Waals surface area (Å²) in [7, 11) is 0. The van der Waals surface area contributed by atoms with E-state index in [1.807, 2.05) is 6.07 Å². The Balaban J connectivity index is 2.10. The molecule has 0 atom stereocenters. The highest BCUT2D eigenvalue weighted by atomic mass is 16.2. The third-order valence-corrected chi connectivity index (χ3v) is 4.36. The summed E-state index contributed by atoms with van der Waals surface area (Å²) < 4.78 is 0. The van der Waals surface area contributed by atoms with Crippen LogP contribution in [0.25, 0.3) is 11.1 Å². The SMILES string of the molecule is Cc1ccc(-c2ccc(NC(N)=O)c3c2CCC3)cc1C. The molecule has 0 fully saturated rings. The van der Waals surface area contributed by atoms with Gasteiger partial charge in [0.1, 0.15) is 0 Å². The fourth-order valence-corrected chi connectivity index (χ4v) is 3.14. The number of anilines is 1. The van der Waals surface area contributed by atoms with Gasteiger partial charge in [0.25, 0.3) is 0 Å². The van der Waals surface area contributed by atoms with E-state index in [4.69, 9.17) is 5.73 Å². The minimum absolute atomic E-state index is 0.497. The lowest BCUT2D eigenvalue weighted by Gasteiger charge is -2.14. The molecule has 0 aromatic heterocycles. The Kier molecular flexibility index (Phi) is 3.42. The summed E-state index contributed by atoms with van der Waals surface area (Å²) in [6.07, 6.45) is 3.19. The van der Waals surface area contributed by atoms with Gasteiger partial charge >= 0.3 is 6.03 Å². The zero-order valence-corrected chi connectivity index (χ0v) is 12.5. The molecule has 21 heavy (non-hydrogen) atoms. The summed E-state index contributed by atoms with van der Waals surface area (Å²) in [5.41, 5.74) is 13.9. The molecule has 0 unspecified atom stereocenters. The van der Waals surface area contributed by atoms with Crippen molar-refractivity contribution in [2.75, 3.05) is 5.32 Å². The molecule has 0 heterocycles. The van der Waals surface area contributed by atoms with Crippen molar-refractivity contribution in [3.05, 3.63) is 52.6 Å². The van der Waals surface area contributed by atoms with Crippen LogP contribution in [0.4, 0.5) is 10.5 Å². The average molecular weight is 280 g/mol. The molecule has 0 saturated carbocycles. The largest absolute Gasteiger partial charge is 0.351 e. The van der Waals surface area contributed by atoms with Crippen molar-refractivity contribution in [1.82, 2.24) is 0 Å². The number of carbonyl (C=O) groups excluding carboxylic acids is 1. The van der Waals surface area contributed by atoms with Crippen LogP contribution in [-0.4, -0.2) is 6.03 Å². The first kappa shape index (κ1) is 13.7. The normalized spacial score (nSPS) is 13.0. The zero-order chi connectivity index (χ0) is 15.0. The number of carbonyl (C=O) groups is 1. The van der Waals surface area contributed by atoms with E-state index >= 15 is 0 Å². The van der Waals surface area contributed by atoms with Crippen molar-refractivity contribution in [3.8, 4) is 11.1 Å². The number of hydrogen-bond acceptors (Lipinski definition) is 1. The minimum atomic E-state index is -0.497. The van der Waals surface area contributed by atoms with Gasteiger partial charge in [-0.05, 0) is 72.6 Å². The molecule has 2 aromatic carbocycles. The first-order chi connectivity index (χ1) is 10.1. The van der Waals surface area contributed by atoms with E-state index in [1.54, 1.807) is 0 Å². The van der Waals surface area contributed by atoms with Gasteiger partial charge in [-0.15, -0.1) is 0 Å². The number of fused-ring (bicyclic) bond motifs is 1. The van der Waals surface area contributed by atoms with E-state index in [0.717, 1.165) is 24.9 Å². The van der Waals surface area contributed by atoms with Crippen LogP contribution in [0.3, 0.4) is 0 Å². The van der Waals surface area contributed by atoms with Crippen molar-refractivity contribution in [2.24, 2.45) is 5.73 Å². The average Bonchev–Trinajstić information content (AvgIpc) is 2.91. The first-order valence-corrected chi connectivity index (χ1v) is 7.35. The second-order valence-electron chi connectivity index (χ2n) is 5.76. The quantitative estimate of drug-likeness (QED) is 0.859. The number of amides is 2. The van der Waals surface area contributed by atoms with Crippen LogP contribution in [0, 0.1) is 13.8 Å². The van der Waals surface area contributed by atoms with E-state index < -0.39 is 6.03 Å². The van der Waals surface area contributed by atoms with E-state index in [-0.39, 0.29) is 0 Å². The Bertz CT molecular complexity index is 719. The second kappa shape index (κ2) is 5.24. The van der Waals surface area contributed by atoms with Crippen LogP contribution < -0.4 is 11.1 Å². The van der Waals surface area contributed by atoms with Crippen LogP contribution in [0.15, 0.2) is 30.3 Å². The Morgan fingerprint density at radius 2 is 1.81 bits per heavy atom. The Morgan fingerprint density at radius 3 is 2.52 bits per heavy atom. The van der Waals surface area contributed by atoms with Crippen LogP contribution in [-0.2, 0) is 12.8 Å². The van der Waals surface area contributed by atoms with E-state index in [2.05, 4.69) is 43.4 Å². The van der Waals surface area contributed by atoms with Gasteiger partial charge in [0.05, 0.1) is 0 Å². The molecule has 3 rings (SSSR count). The number of rotatable bonds is 2. The molecule has 2 aromatic rings. The van der Waals surface area contributed by atoms with Crippen LogP contribution in [0.5, 0.6) is 0 Å². The van der Waals surface area contributed by atoms with Gasteiger partial charge in [0, 0.05) is 5.69 Å².